The number of hydrogen-bond donors (Lipinski definition) is 3. The number of H-pyrrole nitrogens is 2. The lowest BCUT2D eigenvalue weighted by Crippen LogP contribution is -2.42. The van der Waals surface area contributed by atoms with Gasteiger partial charge in [0.15, 0.2) is 0 Å². The Morgan fingerprint density at radius 1 is 1.12 bits per heavy atom. The van der Waals surface area contributed by atoms with Crippen LogP contribution in [0.4, 0.5) is 0 Å². The topological polar surface area (TPSA) is 94.8 Å². The first-order valence-electron chi connectivity index (χ1n) is 9.14. The minimum atomic E-state index is -0.501. The summed E-state index contributed by atoms with van der Waals surface area (Å²) in [6.45, 7) is 1.69. The fourth-order valence-electron chi connectivity index (χ4n) is 5.68. The van der Waals surface area contributed by atoms with E-state index in [0.29, 0.717) is 29.6 Å². The summed E-state index contributed by atoms with van der Waals surface area (Å²) in [6.07, 6.45) is 7.16. The molecule has 0 saturated heterocycles. The first-order chi connectivity index (χ1) is 11.5. The van der Waals surface area contributed by atoms with Crippen molar-refractivity contribution in [2.24, 2.45) is 23.7 Å². The van der Waals surface area contributed by atoms with Gasteiger partial charge in [0.1, 0.15) is 0 Å². The van der Waals surface area contributed by atoms with Gasteiger partial charge in [0.2, 0.25) is 5.91 Å². The number of carbonyl (C=O) groups excluding carboxylic acids is 1. The van der Waals surface area contributed by atoms with Crippen molar-refractivity contribution in [3.63, 3.8) is 0 Å². The Morgan fingerprint density at radius 2 is 1.92 bits per heavy atom. The van der Waals surface area contributed by atoms with E-state index in [1.54, 1.807) is 6.92 Å². The number of aromatic nitrogens is 2. The Kier molecular flexibility index (Phi) is 3.85. The number of rotatable bonds is 4. The molecule has 0 spiro atoms. The lowest BCUT2D eigenvalue weighted by atomic mass is 9.79. The highest BCUT2D eigenvalue weighted by Crippen LogP contribution is 2.58. The minimum Gasteiger partial charge on any atom is -0.353 e. The van der Waals surface area contributed by atoms with Crippen LogP contribution in [0.5, 0.6) is 0 Å². The summed E-state index contributed by atoms with van der Waals surface area (Å²) in [5.41, 5.74) is 0.149. The fourth-order valence-corrected chi connectivity index (χ4v) is 5.68. The van der Waals surface area contributed by atoms with Gasteiger partial charge in [-0.05, 0) is 62.7 Å². The Hall–Kier alpha value is -1.85. The van der Waals surface area contributed by atoms with E-state index in [2.05, 4.69) is 15.3 Å². The molecular weight excluding hydrogens is 306 g/mol. The number of fused-ring (bicyclic) bond motifs is 5. The van der Waals surface area contributed by atoms with Gasteiger partial charge in [-0.25, -0.2) is 4.79 Å². The number of amides is 1. The zero-order valence-electron chi connectivity index (χ0n) is 14.1. The lowest BCUT2D eigenvalue weighted by molar-refractivity contribution is -0.122. The smallest absolute Gasteiger partial charge is 0.325 e. The predicted molar refractivity (Wildman–Crippen MR) is 89.7 cm³/mol. The second kappa shape index (κ2) is 5.90. The molecule has 0 unspecified atom stereocenters. The quantitative estimate of drug-likeness (QED) is 0.775. The third-order valence-corrected chi connectivity index (χ3v) is 6.63. The molecule has 3 aliphatic carbocycles. The monoisotopic (exact) mass is 331 g/mol. The summed E-state index contributed by atoms with van der Waals surface area (Å²) in [5.74, 6) is 3.26. The summed E-state index contributed by atoms with van der Waals surface area (Å²) in [4.78, 5) is 40.2. The maximum Gasteiger partial charge on any atom is 0.325 e. The summed E-state index contributed by atoms with van der Waals surface area (Å²) in [5, 5.41) is 3.22. The summed E-state index contributed by atoms with van der Waals surface area (Å²) in [7, 11) is 0. The predicted octanol–water partition coefficient (Wildman–Crippen LogP) is 1.25. The van der Waals surface area contributed by atoms with E-state index < -0.39 is 11.2 Å². The molecule has 3 fully saturated rings. The van der Waals surface area contributed by atoms with E-state index >= 15 is 0 Å². The highest BCUT2D eigenvalue weighted by Gasteiger charge is 2.53. The fraction of sp³-hybridized carbons (Fsp3) is 0.722. The minimum absolute atomic E-state index is 0.0205. The zero-order chi connectivity index (χ0) is 16.8. The number of aromatic amines is 2. The van der Waals surface area contributed by atoms with Crippen molar-refractivity contribution in [2.75, 3.05) is 0 Å². The van der Waals surface area contributed by atoms with Crippen LogP contribution in [0.25, 0.3) is 0 Å². The molecule has 24 heavy (non-hydrogen) atoms. The van der Waals surface area contributed by atoms with Crippen molar-refractivity contribution in [1.82, 2.24) is 15.3 Å². The van der Waals surface area contributed by atoms with Gasteiger partial charge < -0.3 is 10.3 Å². The highest BCUT2D eigenvalue weighted by atomic mass is 16.2. The molecule has 1 amide bonds. The molecule has 3 N–H and O–H groups in total. The molecule has 2 bridgehead atoms. The van der Waals surface area contributed by atoms with Gasteiger partial charge in [-0.3, -0.25) is 14.6 Å². The van der Waals surface area contributed by atoms with Gasteiger partial charge in [-0.15, -0.1) is 0 Å². The van der Waals surface area contributed by atoms with Crippen molar-refractivity contribution in [3.05, 3.63) is 32.1 Å². The van der Waals surface area contributed by atoms with Crippen molar-refractivity contribution in [2.45, 2.75) is 57.9 Å². The molecule has 0 aromatic carbocycles. The van der Waals surface area contributed by atoms with Crippen LogP contribution < -0.4 is 16.6 Å². The maximum absolute atomic E-state index is 12.3. The highest BCUT2D eigenvalue weighted by molar-refractivity contribution is 5.76. The average molecular weight is 331 g/mol. The van der Waals surface area contributed by atoms with Gasteiger partial charge in [0, 0.05) is 23.7 Å². The van der Waals surface area contributed by atoms with Crippen LogP contribution >= 0.6 is 0 Å². The number of carbonyl (C=O) groups is 1. The third kappa shape index (κ3) is 2.62. The summed E-state index contributed by atoms with van der Waals surface area (Å²) < 4.78 is 0. The van der Waals surface area contributed by atoms with Crippen molar-refractivity contribution < 1.29 is 4.79 Å². The van der Waals surface area contributed by atoms with Crippen LogP contribution in [0, 0.1) is 30.6 Å². The Bertz CT molecular complexity index is 766. The van der Waals surface area contributed by atoms with E-state index in [1.165, 1.54) is 25.7 Å². The largest absolute Gasteiger partial charge is 0.353 e. The molecule has 6 nitrogen and oxygen atoms in total. The lowest BCUT2D eigenvalue weighted by Gasteiger charge is -2.32. The van der Waals surface area contributed by atoms with Crippen LogP contribution in [0.15, 0.2) is 9.59 Å². The molecular formula is C18H25N3O3. The molecule has 130 valence electrons. The van der Waals surface area contributed by atoms with Gasteiger partial charge in [0.05, 0.1) is 0 Å². The van der Waals surface area contributed by atoms with Crippen molar-refractivity contribution in [1.29, 1.82) is 0 Å². The number of aryl methyl sites for hydroxylation is 1. The summed E-state index contributed by atoms with van der Waals surface area (Å²) >= 11 is 0. The maximum atomic E-state index is 12.3. The van der Waals surface area contributed by atoms with E-state index in [0.717, 1.165) is 24.2 Å². The number of hydrogen-bond acceptors (Lipinski definition) is 3. The first kappa shape index (κ1) is 15.7. The molecule has 3 aliphatic rings. The van der Waals surface area contributed by atoms with Crippen LogP contribution in [0.1, 0.15) is 49.8 Å². The molecule has 0 radical (unpaired) electrons. The molecule has 1 heterocycles. The molecule has 4 rings (SSSR count). The van der Waals surface area contributed by atoms with E-state index in [-0.39, 0.29) is 12.3 Å². The van der Waals surface area contributed by atoms with E-state index in [9.17, 15) is 14.4 Å². The van der Waals surface area contributed by atoms with E-state index in [1.807, 2.05) is 0 Å². The second-order valence-corrected chi connectivity index (χ2v) is 7.84. The summed E-state index contributed by atoms with van der Waals surface area (Å²) in [6, 6.07) is 0.330. The SMILES string of the molecule is Cc1[nH]c(=O)[nH]c(=O)c1CCC(=O)N[C@@H]1C[C@H]2C[C@H]1[C@H]1CCC[C@H]21. The average Bonchev–Trinajstić information content (AvgIpc) is 3.18. The second-order valence-electron chi connectivity index (χ2n) is 7.84. The molecule has 1 aromatic rings. The van der Waals surface area contributed by atoms with Gasteiger partial charge >= 0.3 is 5.69 Å². The van der Waals surface area contributed by atoms with Crippen LogP contribution in [-0.2, 0) is 11.2 Å². The van der Waals surface area contributed by atoms with E-state index in [4.69, 9.17) is 0 Å². The van der Waals surface area contributed by atoms with Gasteiger partial charge in [-0.2, -0.15) is 0 Å². The number of nitrogens with one attached hydrogen (secondary N) is 3. The standard InChI is InChI=1S/C18H25N3O3/c1-9-11(17(23)21-18(24)19-9)5-6-16(22)20-15-8-10-7-14(15)13-4-2-3-12(10)13/h10,12-15H,2-8H2,1H3,(H,20,22)(H2,19,21,23,24)/t10-,12-,13+,14+,15-/m1/s1. The molecule has 3 saturated carbocycles. The molecule has 0 aliphatic heterocycles. The Labute approximate surface area is 140 Å². The normalized spacial score (nSPS) is 33.6. The van der Waals surface area contributed by atoms with Crippen LogP contribution in [-0.4, -0.2) is 21.9 Å². The Balaban J connectivity index is 1.35. The third-order valence-electron chi connectivity index (χ3n) is 6.63. The van der Waals surface area contributed by atoms with Crippen LogP contribution in [0.2, 0.25) is 0 Å². The zero-order valence-corrected chi connectivity index (χ0v) is 14.1. The van der Waals surface area contributed by atoms with Gasteiger partial charge in [-0.1, -0.05) is 6.42 Å². The first-order valence-corrected chi connectivity index (χ1v) is 9.14. The van der Waals surface area contributed by atoms with Gasteiger partial charge in [0.25, 0.3) is 5.56 Å². The molecule has 5 atom stereocenters. The molecule has 1 aromatic heterocycles. The molecule has 6 heteroatoms. The van der Waals surface area contributed by atoms with Crippen molar-refractivity contribution in [3.8, 4) is 0 Å². The van der Waals surface area contributed by atoms with Crippen molar-refractivity contribution >= 4 is 5.91 Å². The Morgan fingerprint density at radius 3 is 2.71 bits per heavy atom. The van der Waals surface area contributed by atoms with Crippen LogP contribution in [0.3, 0.4) is 0 Å².